The fourth-order valence-electron chi connectivity index (χ4n) is 2.32. The average molecular weight is 281 g/mol. The molecule has 0 saturated heterocycles. The topological polar surface area (TPSA) is 55.4 Å². The zero-order valence-corrected chi connectivity index (χ0v) is 11.5. The molecule has 21 heavy (non-hydrogen) atoms. The molecule has 0 atom stereocenters. The van der Waals surface area contributed by atoms with E-state index in [4.69, 9.17) is 4.74 Å². The van der Waals surface area contributed by atoms with E-state index < -0.39 is 0 Å². The van der Waals surface area contributed by atoms with Gasteiger partial charge in [0, 0.05) is 17.5 Å². The molecule has 2 aromatic rings. The van der Waals surface area contributed by atoms with E-state index in [1.165, 1.54) is 0 Å². The van der Waals surface area contributed by atoms with E-state index in [0.29, 0.717) is 17.7 Å². The molecule has 3 rings (SSSR count). The highest BCUT2D eigenvalue weighted by atomic mass is 16.5. The highest BCUT2D eigenvalue weighted by molar-refractivity contribution is 6.02. The molecule has 0 bridgehead atoms. The predicted molar refractivity (Wildman–Crippen MR) is 78.7 cm³/mol. The summed E-state index contributed by atoms with van der Waals surface area (Å²) in [5, 5.41) is 2.66. The molecular formula is C17H15NO3. The normalized spacial score (nSPS) is 12.4. The molecule has 0 aliphatic carbocycles. The fraction of sp³-hybridized carbons (Fsp3) is 0.176. The molecule has 0 saturated carbocycles. The number of hydrogen-bond acceptors (Lipinski definition) is 3. The Morgan fingerprint density at radius 3 is 2.67 bits per heavy atom. The molecule has 1 heterocycles. The van der Waals surface area contributed by atoms with Crippen molar-refractivity contribution in [2.75, 3.05) is 13.2 Å². The summed E-state index contributed by atoms with van der Waals surface area (Å²) < 4.78 is 5.40. The van der Waals surface area contributed by atoms with Crippen LogP contribution in [-0.4, -0.2) is 24.8 Å². The van der Waals surface area contributed by atoms with Gasteiger partial charge in [-0.05, 0) is 23.8 Å². The highest BCUT2D eigenvalue weighted by Gasteiger charge is 2.15. The smallest absolute Gasteiger partial charge is 0.251 e. The fourth-order valence-corrected chi connectivity index (χ4v) is 2.32. The van der Waals surface area contributed by atoms with Gasteiger partial charge in [0.25, 0.3) is 5.91 Å². The van der Waals surface area contributed by atoms with Crippen molar-refractivity contribution in [2.24, 2.45) is 0 Å². The minimum absolute atomic E-state index is 0.00354. The molecule has 4 heteroatoms. The van der Waals surface area contributed by atoms with E-state index in [-0.39, 0.29) is 18.2 Å². The van der Waals surface area contributed by atoms with Crippen molar-refractivity contribution in [1.29, 1.82) is 0 Å². The van der Waals surface area contributed by atoms with Crippen LogP contribution in [0.2, 0.25) is 0 Å². The average Bonchev–Trinajstić information content (AvgIpc) is 3.00. The maximum atomic E-state index is 12.1. The van der Waals surface area contributed by atoms with Crippen LogP contribution < -0.4 is 10.1 Å². The van der Waals surface area contributed by atoms with Gasteiger partial charge in [-0.15, -0.1) is 0 Å². The molecule has 4 nitrogen and oxygen atoms in total. The Morgan fingerprint density at radius 2 is 1.86 bits per heavy atom. The molecule has 0 spiro atoms. The van der Waals surface area contributed by atoms with Crippen molar-refractivity contribution < 1.29 is 14.3 Å². The summed E-state index contributed by atoms with van der Waals surface area (Å²) in [6.45, 7) is 0.656. The van der Waals surface area contributed by atoms with Crippen LogP contribution in [0.25, 0.3) is 0 Å². The standard InChI is InChI=1S/C17H15NO3/c19-15(12-4-2-1-3-5-12)11-18-17(20)14-6-7-16-13(10-14)8-9-21-16/h1-7,10H,8-9,11H2,(H,18,20). The highest BCUT2D eigenvalue weighted by Crippen LogP contribution is 2.25. The Labute approximate surface area is 122 Å². The number of ketones is 1. The largest absolute Gasteiger partial charge is 0.493 e. The van der Waals surface area contributed by atoms with Gasteiger partial charge in [-0.1, -0.05) is 30.3 Å². The first kappa shape index (κ1) is 13.4. The molecule has 0 unspecified atom stereocenters. The van der Waals surface area contributed by atoms with Crippen molar-refractivity contribution in [1.82, 2.24) is 5.32 Å². The van der Waals surface area contributed by atoms with Crippen LogP contribution in [-0.2, 0) is 6.42 Å². The van der Waals surface area contributed by atoms with Gasteiger partial charge in [0.05, 0.1) is 13.2 Å². The van der Waals surface area contributed by atoms with Crippen molar-refractivity contribution in [3.8, 4) is 5.75 Å². The van der Waals surface area contributed by atoms with Crippen LogP contribution in [0.15, 0.2) is 48.5 Å². The molecular weight excluding hydrogens is 266 g/mol. The van der Waals surface area contributed by atoms with Crippen LogP contribution in [0.4, 0.5) is 0 Å². The minimum Gasteiger partial charge on any atom is -0.493 e. The first-order valence-corrected chi connectivity index (χ1v) is 6.86. The molecule has 0 aromatic heterocycles. The lowest BCUT2D eigenvalue weighted by molar-refractivity contribution is 0.0904. The van der Waals surface area contributed by atoms with Crippen molar-refractivity contribution in [3.05, 3.63) is 65.2 Å². The van der Waals surface area contributed by atoms with E-state index >= 15 is 0 Å². The van der Waals surface area contributed by atoms with E-state index in [1.807, 2.05) is 12.1 Å². The zero-order valence-electron chi connectivity index (χ0n) is 11.5. The number of hydrogen-bond donors (Lipinski definition) is 1. The summed E-state index contributed by atoms with van der Waals surface area (Å²) in [6, 6.07) is 14.3. The number of Topliss-reactive ketones (excluding diaryl/α,β-unsaturated/α-hetero) is 1. The minimum atomic E-state index is -0.242. The van der Waals surface area contributed by atoms with E-state index in [2.05, 4.69) is 5.32 Å². The summed E-state index contributed by atoms with van der Waals surface area (Å²) >= 11 is 0. The monoisotopic (exact) mass is 281 g/mol. The zero-order chi connectivity index (χ0) is 14.7. The third kappa shape index (κ3) is 2.94. The molecule has 1 aliphatic rings. The number of benzene rings is 2. The van der Waals surface area contributed by atoms with Crippen LogP contribution in [0.5, 0.6) is 5.75 Å². The van der Waals surface area contributed by atoms with Crippen LogP contribution in [0, 0.1) is 0 Å². The van der Waals surface area contributed by atoms with E-state index in [1.54, 1.807) is 36.4 Å². The van der Waals surface area contributed by atoms with Gasteiger partial charge in [-0.3, -0.25) is 9.59 Å². The van der Waals surface area contributed by atoms with E-state index in [9.17, 15) is 9.59 Å². The first-order valence-electron chi connectivity index (χ1n) is 6.86. The van der Waals surface area contributed by atoms with Gasteiger partial charge >= 0.3 is 0 Å². The van der Waals surface area contributed by atoms with Crippen LogP contribution in [0.3, 0.4) is 0 Å². The Morgan fingerprint density at radius 1 is 1.05 bits per heavy atom. The maximum absolute atomic E-state index is 12.1. The predicted octanol–water partition coefficient (Wildman–Crippen LogP) is 2.23. The lowest BCUT2D eigenvalue weighted by atomic mass is 10.1. The number of ether oxygens (including phenoxy) is 1. The summed E-state index contributed by atoms with van der Waals surface area (Å²) in [7, 11) is 0. The van der Waals surface area contributed by atoms with Gasteiger partial charge in [0.2, 0.25) is 0 Å². The van der Waals surface area contributed by atoms with Crippen LogP contribution >= 0.6 is 0 Å². The third-order valence-electron chi connectivity index (χ3n) is 3.46. The summed E-state index contributed by atoms with van der Waals surface area (Å²) in [4.78, 5) is 24.0. The molecule has 1 N–H and O–H groups in total. The van der Waals surface area contributed by atoms with Crippen molar-refractivity contribution in [2.45, 2.75) is 6.42 Å². The number of amides is 1. The van der Waals surface area contributed by atoms with Gasteiger partial charge in [-0.2, -0.15) is 0 Å². The van der Waals surface area contributed by atoms with Gasteiger partial charge in [0.15, 0.2) is 5.78 Å². The first-order chi connectivity index (χ1) is 10.2. The molecule has 106 valence electrons. The SMILES string of the molecule is O=C(CNC(=O)c1ccc2c(c1)CCO2)c1ccccc1. The third-order valence-corrected chi connectivity index (χ3v) is 3.46. The Balaban J connectivity index is 1.63. The molecule has 2 aromatic carbocycles. The van der Waals surface area contributed by atoms with Gasteiger partial charge in [0.1, 0.15) is 5.75 Å². The second kappa shape index (κ2) is 5.79. The van der Waals surface area contributed by atoms with Gasteiger partial charge in [-0.25, -0.2) is 0 Å². The Hall–Kier alpha value is -2.62. The second-order valence-corrected chi connectivity index (χ2v) is 4.89. The Kier molecular flexibility index (Phi) is 3.69. The number of nitrogens with one attached hydrogen (secondary N) is 1. The molecule has 0 fully saturated rings. The summed E-state index contributed by atoms with van der Waals surface area (Å²) in [5.41, 5.74) is 2.19. The lowest BCUT2D eigenvalue weighted by Gasteiger charge is -2.06. The number of rotatable bonds is 4. The van der Waals surface area contributed by atoms with Gasteiger partial charge < -0.3 is 10.1 Å². The van der Waals surface area contributed by atoms with Crippen molar-refractivity contribution >= 4 is 11.7 Å². The van der Waals surface area contributed by atoms with Crippen molar-refractivity contribution in [3.63, 3.8) is 0 Å². The quantitative estimate of drug-likeness (QED) is 0.874. The number of fused-ring (bicyclic) bond motifs is 1. The maximum Gasteiger partial charge on any atom is 0.251 e. The summed E-state index contributed by atoms with van der Waals surface area (Å²) in [6.07, 6.45) is 0.819. The lowest BCUT2D eigenvalue weighted by Crippen LogP contribution is -2.29. The van der Waals surface area contributed by atoms with Crippen LogP contribution in [0.1, 0.15) is 26.3 Å². The Bertz CT molecular complexity index is 680. The molecule has 1 aliphatic heterocycles. The number of carbonyl (C=O) groups excluding carboxylic acids is 2. The number of carbonyl (C=O) groups is 2. The summed E-state index contributed by atoms with van der Waals surface area (Å²) in [5.74, 6) is 0.495. The molecule has 0 radical (unpaired) electrons. The molecule has 1 amide bonds. The second-order valence-electron chi connectivity index (χ2n) is 4.89. The van der Waals surface area contributed by atoms with E-state index in [0.717, 1.165) is 17.7 Å².